The summed E-state index contributed by atoms with van der Waals surface area (Å²) in [5, 5.41) is 2.88. The van der Waals surface area contributed by atoms with Crippen LogP contribution in [0.1, 0.15) is 28.8 Å². The molecule has 1 unspecified atom stereocenters. The van der Waals surface area contributed by atoms with Crippen LogP contribution < -0.4 is 5.32 Å². The zero-order valence-corrected chi connectivity index (χ0v) is 15.3. The molecule has 0 aromatic heterocycles. The van der Waals surface area contributed by atoms with Crippen LogP contribution in [0.5, 0.6) is 0 Å². The quantitative estimate of drug-likeness (QED) is 0.819. The van der Waals surface area contributed by atoms with Crippen LogP contribution in [0.15, 0.2) is 48.5 Å². The number of esters is 1. The number of anilines is 1. The van der Waals surface area contributed by atoms with Crippen molar-refractivity contribution < 1.29 is 18.7 Å². The summed E-state index contributed by atoms with van der Waals surface area (Å²) in [5.41, 5.74) is 1.60. The molecule has 1 amide bonds. The van der Waals surface area contributed by atoms with E-state index < -0.39 is 5.97 Å². The van der Waals surface area contributed by atoms with E-state index in [1.54, 1.807) is 36.4 Å². The Morgan fingerprint density at radius 1 is 1.22 bits per heavy atom. The second-order valence-electron chi connectivity index (χ2n) is 6.73. The molecule has 2 aromatic rings. The monoisotopic (exact) mass is 370 g/mol. The lowest BCUT2D eigenvalue weighted by Gasteiger charge is -2.32. The Balaban J connectivity index is 1.62. The fourth-order valence-corrected chi connectivity index (χ4v) is 3.37. The molecular weight excluding hydrogens is 347 g/mol. The summed E-state index contributed by atoms with van der Waals surface area (Å²) in [6.07, 6.45) is 1.67. The molecule has 3 rings (SSSR count). The molecule has 142 valence electrons. The van der Waals surface area contributed by atoms with E-state index in [0.29, 0.717) is 29.9 Å². The molecule has 0 bridgehead atoms. The number of hydrogen-bond donors (Lipinski definition) is 1. The zero-order valence-electron chi connectivity index (χ0n) is 15.3. The summed E-state index contributed by atoms with van der Waals surface area (Å²) in [6.45, 7) is 1.92. The highest BCUT2D eigenvalue weighted by molar-refractivity contribution is 5.95. The number of carbonyl (C=O) groups excluding carboxylic acids is 2. The van der Waals surface area contributed by atoms with Crippen LogP contribution in [0, 0.1) is 11.7 Å². The summed E-state index contributed by atoms with van der Waals surface area (Å²) in [4.78, 5) is 26.4. The van der Waals surface area contributed by atoms with Crippen molar-refractivity contribution in [3.8, 4) is 0 Å². The molecule has 1 aliphatic heterocycles. The second kappa shape index (κ2) is 8.77. The molecule has 0 saturated carbocycles. The van der Waals surface area contributed by atoms with E-state index in [1.165, 1.54) is 13.2 Å². The molecule has 2 aromatic carbocycles. The molecule has 0 aliphatic carbocycles. The number of methoxy groups -OCH3 is 1. The standard InChI is InChI=1S/C21H23FN2O3/c1-27-21(26)15-7-4-9-18(12-15)23-20(25)17-8-5-11-24(14-17)13-16-6-2-3-10-19(16)22/h2-4,6-7,9-10,12,17H,5,8,11,13-14H2,1H3,(H,23,25). The topological polar surface area (TPSA) is 58.6 Å². The average Bonchev–Trinajstić information content (AvgIpc) is 2.69. The van der Waals surface area contributed by atoms with Crippen LogP contribution in [-0.2, 0) is 16.1 Å². The van der Waals surface area contributed by atoms with Crippen LogP contribution in [0.4, 0.5) is 10.1 Å². The van der Waals surface area contributed by atoms with Crippen molar-refractivity contribution in [2.45, 2.75) is 19.4 Å². The number of ether oxygens (including phenoxy) is 1. The van der Waals surface area contributed by atoms with E-state index in [2.05, 4.69) is 10.2 Å². The maximum absolute atomic E-state index is 13.9. The number of hydrogen-bond acceptors (Lipinski definition) is 4. The Hall–Kier alpha value is -2.73. The van der Waals surface area contributed by atoms with Gasteiger partial charge in [-0.15, -0.1) is 0 Å². The first-order valence-electron chi connectivity index (χ1n) is 9.02. The van der Waals surface area contributed by atoms with Crippen LogP contribution >= 0.6 is 0 Å². The van der Waals surface area contributed by atoms with Crippen molar-refractivity contribution >= 4 is 17.6 Å². The average molecular weight is 370 g/mol. The van der Waals surface area contributed by atoms with Gasteiger partial charge in [0.2, 0.25) is 5.91 Å². The number of carbonyl (C=O) groups is 2. The molecule has 1 saturated heterocycles. The van der Waals surface area contributed by atoms with Crippen molar-refractivity contribution in [2.24, 2.45) is 5.92 Å². The van der Waals surface area contributed by atoms with Gasteiger partial charge in [0.05, 0.1) is 18.6 Å². The van der Waals surface area contributed by atoms with Crippen molar-refractivity contribution in [1.82, 2.24) is 4.90 Å². The highest BCUT2D eigenvalue weighted by Gasteiger charge is 2.26. The second-order valence-corrected chi connectivity index (χ2v) is 6.73. The van der Waals surface area contributed by atoms with E-state index in [-0.39, 0.29) is 17.6 Å². The van der Waals surface area contributed by atoms with Crippen LogP contribution in [-0.4, -0.2) is 37.0 Å². The van der Waals surface area contributed by atoms with E-state index in [0.717, 1.165) is 19.4 Å². The lowest BCUT2D eigenvalue weighted by Crippen LogP contribution is -2.40. The van der Waals surface area contributed by atoms with Gasteiger partial charge >= 0.3 is 5.97 Å². The molecule has 1 N–H and O–H groups in total. The Labute approximate surface area is 158 Å². The van der Waals surface area contributed by atoms with Crippen molar-refractivity contribution in [2.75, 3.05) is 25.5 Å². The molecule has 27 heavy (non-hydrogen) atoms. The molecule has 1 heterocycles. The summed E-state index contributed by atoms with van der Waals surface area (Å²) in [5.74, 6) is -0.925. The summed E-state index contributed by atoms with van der Waals surface area (Å²) in [6, 6.07) is 13.4. The Morgan fingerprint density at radius 3 is 2.81 bits per heavy atom. The summed E-state index contributed by atoms with van der Waals surface area (Å²) >= 11 is 0. The number of nitrogens with zero attached hydrogens (tertiary/aromatic N) is 1. The fraction of sp³-hybridized carbons (Fsp3) is 0.333. The van der Waals surface area contributed by atoms with Gasteiger partial charge in [-0.05, 0) is 43.7 Å². The van der Waals surface area contributed by atoms with Gasteiger partial charge in [-0.1, -0.05) is 24.3 Å². The number of likely N-dealkylation sites (tertiary alicyclic amines) is 1. The number of nitrogens with one attached hydrogen (secondary N) is 1. The lowest BCUT2D eigenvalue weighted by atomic mass is 9.96. The van der Waals surface area contributed by atoms with Crippen molar-refractivity contribution in [3.05, 3.63) is 65.5 Å². The molecule has 1 aliphatic rings. The Bertz CT molecular complexity index is 825. The van der Waals surface area contributed by atoms with Gasteiger partial charge in [-0.25, -0.2) is 9.18 Å². The molecule has 0 radical (unpaired) electrons. The Morgan fingerprint density at radius 2 is 2.04 bits per heavy atom. The predicted molar refractivity (Wildman–Crippen MR) is 101 cm³/mol. The molecule has 1 fully saturated rings. The maximum atomic E-state index is 13.9. The highest BCUT2D eigenvalue weighted by Crippen LogP contribution is 2.22. The minimum absolute atomic E-state index is 0.0877. The summed E-state index contributed by atoms with van der Waals surface area (Å²) in [7, 11) is 1.32. The third-order valence-electron chi connectivity index (χ3n) is 4.78. The molecule has 0 spiro atoms. The number of amides is 1. The molecule has 1 atom stereocenters. The minimum atomic E-state index is -0.445. The van der Waals surface area contributed by atoms with E-state index >= 15 is 0 Å². The van der Waals surface area contributed by atoms with Gasteiger partial charge in [-0.2, -0.15) is 0 Å². The SMILES string of the molecule is COC(=O)c1cccc(NC(=O)C2CCCN(Cc3ccccc3F)C2)c1. The smallest absolute Gasteiger partial charge is 0.337 e. The Kier molecular flexibility index (Phi) is 6.19. The number of halogens is 1. The van der Waals surface area contributed by atoms with E-state index in [9.17, 15) is 14.0 Å². The van der Waals surface area contributed by atoms with Crippen LogP contribution in [0.3, 0.4) is 0 Å². The number of piperidine rings is 1. The van der Waals surface area contributed by atoms with Crippen LogP contribution in [0.25, 0.3) is 0 Å². The van der Waals surface area contributed by atoms with Crippen molar-refractivity contribution in [3.63, 3.8) is 0 Å². The van der Waals surface area contributed by atoms with E-state index in [4.69, 9.17) is 4.74 Å². The third-order valence-corrected chi connectivity index (χ3v) is 4.78. The zero-order chi connectivity index (χ0) is 19.2. The maximum Gasteiger partial charge on any atom is 0.337 e. The van der Waals surface area contributed by atoms with Gasteiger partial charge < -0.3 is 10.1 Å². The van der Waals surface area contributed by atoms with Crippen LogP contribution in [0.2, 0.25) is 0 Å². The van der Waals surface area contributed by atoms with Gasteiger partial charge in [0.1, 0.15) is 5.82 Å². The largest absolute Gasteiger partial charge is 0.465 e. The minimum Gasteiger partial charge on any atom is -0.465 e. The molecule has 5 nitrogen and oxygen atoms in total. The fourth-order valence-electron chi connectivity index (χ4n) is 3.37. The highest BCUT2D eigenvalue weighted by atomic mass is 19.1. The first-order chi connectivity index (χ1) is 13.1. The summed E-state index contributed by atoms with van der Waals surface area (Å²) < 4.78 is 18.6. The number of benzene rings is 2. The molecular formula is C21H23FN2O3. The van der Waals surface area contributed by atoms with Gasteiger partial charge in [-0.3, -0.25) is 9.69 Å². The first kappa shape index (κ1) is 19.0. The lowest BCUT2D eigenvalue weighted by molar-refractivity contribution is -0.121. The van der Waals surface area contributed by atoms with Gasteiger partial charge in [0, 0.05) is 24.3 Å². The first-order valence-corrected chi connectivity index (χ1v) is 9.02. The normalized spacial score (nSPS) is 17.3. The van der Waals surface area contributed by atoms with Crippen molar-refractivity contribution in [1.29, 1.82) is 0 Å². The van der Waals surface area contributed by atoms with E-state index in [1.807, 2.05) is 6.07 Å². The third kappa shape index (κ3) is 4.92. The van der Waals surface area contributed by atoms with Gasteiger partial charge in [0.15, 0.2) is 0 Å². The van der Waals surface area contributed by atoms with Gasteiger partial charge in [0.25, 0.3) is 0 Å². The molecule has 6 heteroatoms. The predicted octanol–water partition coefficient (Wildman–Crippen LogP) is 3.46. The number of rotatable bonds is 5.